The molecule has 0 fully saturated rings. The highest BCUT2D eigenvalue weighted by Gasteiger charge is 2.28. The van der Waals surface area contributed by atoms with Crippen LogP contribution in [0.25, 0.3) is 10.2 Å². The number of halogens is 2. The normalized spacial score (nSPS) is 18.9. The summed E-state index contributed by atoms with van der Waals surface area (Å²) in [5.41, 5.74) is 6.44. The molecule has 1 aliphatic rings. The predicted molar refractivity (Wildman–Crippen MR) is 72.1 cm³/mol. The minimum Gasteiger partial charge on any atom is -0.369 e. The van der Waals surface area contributed by atoms with Crippen molar-refractivity contribution in [1.29, 1.82) is 0 Å². The Bertz CT molecular complexity index is 655. The van der Waals surface area contributed by atoms with E-state index in [1.54, 1.807) is 11.3 Å². The van der Waals surface area contributed by atoms with Gasteiger partial charge in [0, 0.05) is 10.8 Å². The minimum atomic E-state index is -0.258. The zero-order valence-corrected chi connectivity index (χ0v) is 11.6. The van der Waals surface area contributed by atoms with Gasteiger partial charge in [0.2, 0.25) is 11.2 Å². The maximum absolute atomic E-state index is 11.3. The number of fused-ring (bicyclic) bond motifs is 3. The van der Waals surface area contributed by atoms with Crippen LogP contribution < -0.4 is 5.73 Å². The summed E-state index contributed by atoms with van der Waals surface area (Å²) < 4.78 is 0. The van der Waals surface area contributed by atoms with Crippen molar-refractivity contribution < 1.29 is 4.79 Å². The van der Waals surface area contributed by atoms with Crippen molar-refractivity contribution >= 4 is 50.7 Å². The standard InChI is InChI=1S/C11H9Cl2N3OS/c12-8-7-5-3-4(9(14)17)1-2-6(5)18-10(7)16-11(13)15-8/h4H,1-3H2,(H2,14,17)/t4-/m1/s1. The first-order valence-electron chi connectivity index (χ1n) is 5.49. The van der Waals surface area contributed by atoms with Crippen LogP contribution in [0, 0.1) is 5.92 Å². The average Bonchev–Trinajstić information content (AvgIpc) is 2.65. The van der Waals surface area contributed by atoms with Gasteiger partial charge in [-0.25, -0.2) is 9.97 Å². The molecular formula is C11H9Cl2N3OS. The van der Waals surface area contributed by atoms with E-state index in [0.29, 0.717) is 11.6 Å². The molecule has 3 rings (SSSR count). The fraction of sp³-hybridized carbons (Fsp3) is 0.364. The maximum atomic E-state index is 11.3. The van der Waals surface area contributed by atoms with Crippen LogP contribution in [0.4, 0.5) is 0 Å². The molecule has 2 N–H and O–H groups in total. The smallest absolute Gasteiger partial charge is 0.225 e. The van der Waals surface area contributed by atoms with E-state index in [2.05, 4.69) is 9.97 Å². The molecule has 0 saturated heterocycles. The molecule has 0 spiro atoms. The van der Waals surface area contributed by atoms with Crippen LogP contribution in [0.3, 0.4) is 0 Å². The first kappa shape index (κ1) is 12.1. The molecule has 0 unspecified atom stereocenters. The Balaban J connectivity index is 2.18. The van der Waals surface area contributed by atoms with Gasteiger partial charge in [-0.3, -0.25) is 4.79 Å². The Morgan fingerprint density at radius 1 is 1.39 bits per heavy atom. The molecular weight excluding hydrogens is 293 g/mol. The van der Waals surface area contributed by atoms with Crippen molar-refractivity contribution in [2.45, 2.75) is 19.3 Å². The van der Waals surface area contributed by atoms with Crippen LogP contribution in [-0.2, 0) is 17.6 Å². The summed E-state index contributed by atoms with van der Waals surface area (Å²) in [6.45, 7) is 0. The van der Waals surface area contributed by atoms with Gasteiger partial charge in [0.15, 0.2) is 0 Å². The lowest BCUT2D eigenvalue weighted by Crippen LogP contribution is -2.28. The van der Waals surface area contributed by atoms with Gasteiger partial charge >= 0.3 is 0 Å². The molecule has 2 heterocycles. The minimum absolute atomic E-state index is 0.123. The molecule has 0 aliphatic heterocycles. The summed E-state index contributed by atoms with van der Waals surface area (Å²) in [4.78, 5) is 21.4. The van der Waals surface area contributed by atoms with E-state index in [1.165, 1.54) is 4.88 Å². The topological polar surface area (TPSA) is 68.9 Å². The van der Waals surface area contributed by atoms with Gasteiger partial charge in [-0.1, -0.05) is 11.6 Å². The van der Waals surface area contributed by atoms with Gasteiger partial charge in [-0.2, -0.15) is 0 Å². The second-order valence-electron chi connectivity index (χ2n) is 4.31. The lowest BCUT2D eigenvalue weighted by molar-refractivity contribution is -0.122. The average molecular weight is 302 g/mol. The number of nitrogens with zero attached hydrogens (tertiary/aromatic N) is 2. The second kappa shape index (κ2) is 4.33. The lowest BCUT2D eigenvalue weighted by atomic mass is 9.87. The molecule has 18 heavy (non-hydrogen) atoms. The SMILES string of the molecule is NC(=O)[C@@H]1CCc2sc3nc(Cl)nc(Cl)c3c2C1. The summed E-state index contributed by atoms with van der Waals surface area (Å²) in [5.74, 6) is -0.381. The second-order valence-corrected chi connectivity index (χ2v) is 6.09. The van der Waals surface area contributed by atoms with Crippen molar-refractivity contribution in [1.82, 2.24) is 9.97 Å². The Morgan fingerprint density at radius 2 is 2.17 bits per heavy atom. The van der Waals surface area contributed by atoms with Crippen molar-refractivity contribution in [3.8, 4) is 0 Å². The van der Waals surface area contributed by atoms with Crippen LogP contribution in [-0.4, -0.2) is 15.9 Å². The molecule has 1 aliphatic carbocycles. The van der Waals surface area contributed by atoms with E-state index in [-0.39, 0.29) is 17.1 Å². The molecule has 0 aromatic carbocycles. The number of rotatable bonds is 1. The fourth-order valence-corrected chi connectivity index (χ4v) is 4.17. The predicted octanol–water partition coefficient (Wildman–Crippen LogP) is 2.59. The molecule has 7 heteroatoms. The number of hydrogen-bond acceptors (Lipinski definition) is 4. The Labute approximate surface area is 117 Å². The van der Waals surface area contributed by atoms with E-state index in [9.17, 15) is 4.79 Å². The molecule has 0 saturated carbocycles. The van der Waals surface area contributed by atoms with Crippen molar-refractivity contribution in [3.63, 3.8) is 0 Å². The highest BCUT2D eigenvalue weighted by molar-refractivity contribution is 7.19. The third-order valence-corrected chi connectivity index (χ3v) is 4.86. The largest absolute Gasteiger partial charge is 0.369 e. The zero-order valence-electron chi connectivity index (χ0n) is 9.24. The van der Waals surface area contributed by atoms with Gasteiger partial charge in [0.1, 0.15) is 9.98 Å². The number of amides is 1. The molecule has 4 nitrogen and oxygen atoms in total. The quantitative estimate of drug-likeness (QED) is 0.650. The number of aryl methyl sites for hydroxylation is 1. The summed E-state index contributed by atoms with van der Waals surface area (Å²) in [6, 6.07) is 0. The van der Waals surface area contributed by atoms with Gasteiger partial charge < -0.3 is 5.73 Å². The summed E-state index contributed by atoms with van der Waals surface area (Å²) in [6.07, 6.45) is 2.24. The monoisotopic (exact) mass is 301 g/mol. The molecule has 94 valence electrons. The summed E-state index contributed by atoms with van der Waals surface area (Å²) in [7, 11) is 0. The zero-order chi connectivity index (χ0) is 12.9. The van der Waals surface area contributed by atoms with Crippen molar-refractivity contribution in [2.75, 3.05) is 0 Å². The van der Waals surface area contributed by atoms with E-state index in [1.807, 2.05) is 0 Å². The van der Waals surface area contributed by atoms with E-state index < -0.39 is 0 Å². The number of hydrogen-bond donors (Lipinski definition) is 1. The number of thiophene rings is 1. The maximum Gasteiger partial charge on any atom is 0.225 e. The Kier molecular flexibility index (Phi) is 2.92. The first-order valence-corrected chi connectivity index (χ1v) is 7.06. The molecule has 2 aromatic heterocycles. The number of aromatic nitrogens is 2. The fourth-order valence-electron chi connectivity index (χ4n) is 2.35. The third-order valence-electron chi connectivity index (χ3n) is 3.24. The molecule has 1 amide bonds. The number of primary amides is 1. The van der Waals surface area contributed by atoms with E-state index >= 15 is 0 Å². The molecule has 1 atom stereocenters. The van der Waals surface area contributed by atoms with Crippen LogP contribution in [0.15, 0.2) is 0 Å². The Hall–Kier alpha value is -0.910. The third kappa shape index (κ3) is 1.86. The van der Waals surface area contributed by atoms with Crippen molar-refractivity contribution in [3.05, 3.63) is 20.9 Å². The number of carbonyl (C=O) groups is 1. The van der Waals surface area contributed by atoms with Gasteiger partial charge in [-0.15, -0.1) is 11.3 Å². The first-order chi connectivity index (χ1) is 8.56. The van der Waals surface area contributed by atoms with Crippen LogP contribution >= 0.6 is 34.5 Å². The molecule has 0 radical (unpaired) electrons. The van der Waals surface area contributed by atoms with E-state index in [0.717, 1.165) is 28.6 Å². The van der Waals surface area contributed by atoms with Gasteiger partial charge in [0.05, 0.1) is 5.39 Å². The van der Waals surface area contributed by atoms with Crippen LogP contribution in [0.1, 0.15) is 16.9 Å². The van der Waals surface area contributed by atoms with Crippen molar-refractivity contribution in [2.24, 2.45) is 11.7 Å². The van der Waals surface area contributed by atoms with Crippen LogP contribution in [0.2, 0.25) is 10.4 Å². The summed E-state index contributed by atoms with van der Waals surface area (Å²) >= 11 is 13.5. The Morgan fingerprint density at radius 3 is 2.89 bits per heavy atom. The van der Waals surface area contributed by atoms with Gasteiger partial charge in [-0.05, 0) is 36.4 Å². The van der Waals surface area contributed by atoms with Gasteiger partial charge in [0.25, 0.3) is 0 Å². The summed E-state index contributed by atoms with van der Waals surface area (Å²) in [5, 5.41) is 1.33. The van der Waals surface area contributed by atoms with E-state index in [4.69, 9.17) is 28.9 Å². The highest BCUT2D eigenvalue weighted by Crippen LogP contribution is 2.40. The lowest BCUT2D eigenvalue weighted by Gasteiger charge is -2.19. The highest BCUT2D eigenvalue weighted by atomic mass is 35.5. The number of nitrogens with two attached hydrogens (primary N) is 1. The molecule has 0 bridgehead atoms. The van der Waals surface area contributed by atoms with Crippen LogP contribution in [0.5, 0.6) is 0 Å². The molecule has 2 aromatic rings. The number of carbonyl (C=O) groups excluding carboxylic acids is 1.